The summed E-state index contributed by atoms with van der Waals surface area (Å²) in [4.78, 5) is 24.5. The Hall–Kier alpha value is -4.84. The summed E-state index contributed by atoms with van der Waals surface area (Å²) in [7, 11) is 0. The Morgan fingerprint density at radius 1 is 0.673 bits per heavy atom. The summed E-state index contributed by atoms with van der Waals surface area (Å²) in [5.74, 6) is 0. The predicted molar refractivity (Wildman–Crippen MR) is 212 cm³/mol. The van der Waals surface area contributed by atoms with Crippen LogP contribution in [0.1, 0.15) is 69.2 Å². The predicted octanol–water partition coefficient (Wildman–Crippen LogP) is 9.26. The van der Waals surface area contributed by atoms with Crippen molar-refractivity contribution in [1.29, 1.82) is 0 Å². The Kier molecular flexibility index (Phi) is 15.5. The number of benzene rings is 3. The number of rotatable bonds is 11. The summed E-state index contributed by atoms with van der Waals surface area (Å²) < 4.78 is 0. The van der Waals surface area contributed by atoms with Gasteiger partial charge in [0, 0.05) is 99.3 Å². The third-order valence-electron chi connectivity index (χ3n) is 8.68. The average molecular weight is 655 g/mol. The van der Waals surface area contributed by atoms with Gasteiger partial charge in [0.15, 0.2) is 0 Å². The Morgan fingerprint density at radius 3 is 1.84 bits per heavy atom. The fourth-order valence-electron chi connectivity index (χ4n) is 5.83. The second kappa shape index (κ2) is 20.5. The Labute approximate surface area is 295 Å². The maximum Gasteiger partial charge on any atom is 0.0430 e. The van der Waals surface area contributed by atoms with E-state index in [1.807, 2.05) is 24.7 Å². The average Bonchev–Trinajstić information content (AvgIpc) is 3.12. The van der Waals surface area contributed by atoms with Gasteiger partial charge in [-0.2, -0.15) is 0 Å². The minimum Gasteiger partial charge on any atom is -0.370 e. The van der Waals surface area contributed by atoms with Gasteiger partial charge in [-0.25, -0.2) is 0 Å². The first kappa shape index (κ1) is 37.0. The minimum absolute atomic E-state index is 0.698. The van der Waals surface area contributed by atoms with E-state index >= 15 is 0 Å². The quantitative estimate of drug-likeness (QED) is 0.207. The molecule has 6 heteroatoms. The molecule has 0 bridgehead atoms. The molecule has 0 radical (unpaired) electrons. The van der Waals surface area contributed by atoms with Gasteiger partial charge in [-0.15, -0.1) is 0 Å². The molecule has 0 fully saturated rings. The van der Waals surface area contributed by atoms with Crippen LogP contribution in [0, 0.1) is 0 Å². The van der Waals surface area contributed by atoms with Gasteiger partial charge in [0.2, 0.25) is 0 Å². The van der Waals surface area contributed by atoms with Crippen LogP contribution in [0.4, 0.5) is 0 Å². The second-order valence-electron chi connectivity index (χ2n) is 12.5. The van der Waals surface area contributed by atoms with Crippen molar-refractivity contribution >= 4 is 30.4 Å². The highest BCUT2D eigenvalue weighted by Crippen LogP contribution is 2.20. The molecule has 3 aromatic rings. The zero-order chi connectivity index (χ0) is 34.7. The normalized spacial score (nSPS) is 16.5. The Morgan fingerprint density at radius 2 is 1.22 bits per heavy atom. The molecule has 4 rings (SSSR count). The minimum atomic E-state index is 0.698. The molecule has 49 heavy (non-hydrogen) atoms. The molecule has 6 nitrogen and oxygen atoms in total. The zero-order valence-electron chi connectivity index (χ0n) is 30.1. The van der Waals surface area contributed by atoms with Crippen molar-refractivity contribution < 1.29 is 0 Å². The molecule has 0 aliphatic carbocycles. The van der Waals surface area contributed by atoms with Gasteiger partial charge in [0.25, 0.3) is 0 Å². The number of aliphatic imine (C=N–C) groups is 4. The molecule has 0 spiro atoms. The number of nitrogens with zero attached hydrogens (tertiary/aromatic N) is 6. The first-order valence-electron chi connectivity index (χ1n) is 17.7. The maximum absolute atomic E-state index is 5.01. The molecule has 256 valence electrons. The van der Waals surface area contributed by atoms with Crippen molar-refractivity contribution in [3.63, 3.8) is 0 Å². The van der Waals surface area contributed by atoms with Crippen molar-refractivity contribution in [2.24, 2.45) is 20.0 Å². The van der Waals surface area contributed by atoms with E-state index in [2.05, 4.69) is 129 Å². The van der Waals surface area contributed by atoms with Crippen molar-refractivity contribution in [2.45, 2.75) is 66.6 Å². The van der Waals surface area contributed by atoms with E-state index in [0.29, 0.717) is 26.2 Å². The largest absolute Gasteiger partial charge is 0.370 e. The van der Waals surface area contributed by atoms with Crippen LogP contribution in [0.3, 0.4) is 0 Å². The molecular formula is C43H54N6. The second-order valence-corrected chi connectivity index (χ2v) is 12.5. The summed E-state index contributed by atoms with van der Waals surface area (Å²) in [5, 5.41) is 0. The first-order chi connectivity index (χ1) is 24.0. The molecule has 1 aliphatic heterocycles. The fourth-order valence-corrected chi connectivity index (χ4v) is 5.83. The van der Waals surface area contributed by atoms with Crippen LogP contribution in [0.5, 0.6) is 0 Å². The smallest absolute Gasteiger partial charge is 0.0430 e. The lowest BCUT2D eigenvalue weighted by Gasteiger charge is -2.27. The number of hydrogen-bond donors (Lipinski definition) is 0. The van der Waals surface area contributed by atoms with Crippen LogP contribution in [0.15, 0.2) is 134 Å². The van der Waals surface area contributed by atoms with E-state index < -0.39 is 0 Å². The highest BCUT2D eigenvalue weighted by Gasteiger charge is 2.14. The van der Waals surface area contributed by atoms with Crippen molar-refractivity contribution in [3.05, 3.63) is 136 Å². The maximum atomic E-state index is 5.01. The Balaban J connectivity index is 1.56. The standard InChI is InChI=1S/C43H54N6/c1-6-27-48(32-39-17-10-8-11-18-39)37(5)43-31-46-24-15-23-44-29-42(30-45-25-16-26-47-35(43)3)36(4)49(33-40-19-12-9-13-20-40)34-41-22-14-21-38(7-2)28-41/h7-14,17-22,28-31H,2,6,15-16,23-27,32-34H2,1,3-5H3/b42-36-,43-37-,44-29?,45-30?,46-31?,47-35?. The van der Waals surface area contributed by atoms with E-state index in [4.69, 9.17) is 20.0 Å². The van der Waals surface area contributed by atoms with Gasteiger partial charge in [0.1, 0.15) is 0 Å². The molecule has 0 N–H and O–H groups in total. The van der Waals surface area contributed by atoms with E-state index in [1.54, 1.807) is 0 Å². The SMILES string of the molecule is C=Cc1cccc(CN(Cc2ccccc2)/C(C)=C2/C=NCCCN=C/C(=C(\C)N(CCC)Cc3ccccc3)C(C)=NCCCN=C2)c1. The summed E-state index contributed by atoms with van der Waals surface area (Å²) in [6.45, 7) is 18.9. The van der Waals surface area contributed by atoms with Gasteiger partial charge in [-0.3, -0.25) is 20.0 Å². The third kappa shape index (κ3) is 12.3. The van der Waals surface area contributed by atoms with Gasteiger partial charge in [0.05, 0.1) is 0 Å². The van der Waals surface area contributed by atoms with Gasteiger partial charge < -0.3 is 9.80 Å². The van der Waals surface area contributed by atoms with Crippen molar-refractivity contribution in [2.75, 3.05) is 32.7 Å². The van der Waals surface area contributed by atoms with Gasteiger partial charge >= 0.3 is 0 Å². The van der Waals surface area contributed by atoms with Crippen LogP contribution in [0.25, 0.3) is 6.08 Å². The summed E-state index contributed by atoms with van der Waals surface area (Å²) in [5.41, 5.74) is 10.5. The number of allylic oxidation sites excluding steroid dienone is 4. The van der Waals surface area contributed by atoms with E-state index in [-0.39, 0.29) is 0 Å². The highest BCUT2D eigenvalue weighted by molar-refractivity contribution is 6.15. The van der Waals surface area contributed by atoms with E-state index in [1.165, 1.54) is 22.4 Å². The van der Waals surface area contributed by atoms with Crippen molar-refractivity contribution in [3.8, 4) is 0 Å². The third-order valence-corrected chi connectivity index (χ3v) is 8.68. The lowest BCUT2D eigenvalue weighted by atomic mass is 10.1. The molecule has 0 saturated heterocycles. The molecule has 0 aromatic heterocycles. The highest BCUT2D eigenvalue weighted by atomic mass is 15.1. The molecule has 0 amide bonds. The monoisotopic (exact) mass is 654 g/mol. The summed E-state index contributed by atoms with van der Waals surface area (Å²) >= 11 is 0. The molecule has 1 heterocycles. The van der Waals surface area contributed by atoms with Crippen LogP contribution in [0.2, 0.25) is 0 Å². The van der Waals surface area contributed by atoms with E-state index in [9.17, 15) is 0 Å². The van der Waals surface area contributed by atoms with Gasteiger partial charge in [-0.05, 0) is 68.4 Å². The van der Waals surface area contributed by atoms with Gasteiger partial charge in [-0.1, -0.05) is 98.4 Å². The fraction of sp³-hybridized carbons (Fsp3) is 0.349. The molecule has 0 saturated carbocycles. The molecule has 3 aromatic carbocycles. The molecular weight excluding hydrogens is 601 g/mol. The number of hydrogen-bond acceptors (Lipinski definition) is 6. The summed E-state index contributed by atoms with van der Waals surface area (Å²) in [6, 6.07) is 29.9. The first-order valence-corrected chi connectivity index (χ1v) is 17.7. The zero-order valence-corrected chi connectivity index (χ0v) is 30.1. The van der Waals surface area contributed by atoms with Crippen LogP contribution in [-0.2, 0) is 19.6 Å². The lowest BCUT2D eigenvalue weighted by Crippen LogP contribution is -2.25. The molecule has 0 atom stereocenters. The van der Waals surface area contributed by atoms with E-state index in [0.717, 1.165) is 73.6 Å². The molecule has 1 aliphatic rings. The Bertz CT molecular complexity index is 1650. The van der Waals surface area contributed by atoms with Crippen molar-refractivity contribution in [1.82, 2.24) is 9.80 Å². The van der Waals surface area contributed by atoms with Crippen LogP contribution < -0.4 is 0 Å². The molecule has 0 unspecified atom stereocenters. The lowest BCUT2D eigenvalue weighted by molar-refractivity contribution is 0.329. The van der Waals surface area contributed by atoms with Crippen LogP contribution in [-0.4, -0.2) is 66.9 Å². The summed E-state index contributed by atoms with van der Waals surface area (Å²) in [6.07, 6.45) is 10.7. The topological polar surface area (TPSA) is 55.9 Å². The van der Waals surface area contributed by atoms with Crippen LogP contribution >= 0.6 is 0 Å².